The summed E-state index contributed by atoms with van der Waals surface area (Å²) in [5.41, 5.74) is 1.71. The summed E-state index contributed by atoms with van der Waals surface area (Å²) in [6.07, 6.45) is 1.61. The van der Waals surface area contributed by atoms with Crippen LogP contribution in [0.5, 0.6) is 0 Å². The average Bonchev–Trinajstić information content (AvgIpc) is 3.19. The molecule has 1 aliphatic rings. The number of carbonyl (C=O) groups is 1. The van der Waals surface area contributed by atoms with Crippen LogP contribution in [-0.4, -0.2) is 34.0 Å². The number of aromatic nitrogens is 2. The third kappa shape index (κ3) is 4.58. The van der Waals surface area contributed by atoms with Crippen LogP contribution < -0.4 is 5.32 Å². The second-order valence-electron chi connectivity index (χ2n) is 6.92. The van der Waals surface area contributed by atoms with Gasteiger partial charge in [0.1, 0.15) is 0 Å². The minimum absolute atomic E-state index is 0.00879. The van der Waals surface area contributed by atoms with E-state index < -0.39 is 0 Å². The van der Waals surface area contributed by atoms with Crippen LogP contribution in [0.3, 0.4) is 0 Å². The fraction of sp³-hybridized carbons (Fsp3) is 0.286. The van der Waals surface area contributed by atoms with Crippen molar-refractivity contribution in [3.63, 3.8) is 0 Å². The Kier molecular flexibility index (Phi) is 5.69. The van der Waals surface area contributed by atoms with Crippen molar-refractivity contribution >= 4 is 23.2 Å². The fourth-order valence-electron chi connectivity index (χ4n) is 3.35. The van der Waals surface area contributed by atoms with Crippen LogP contribution in [0.25, 0.3) is 11.4 Å². The van der Waals surface area contributed by atoms with E-state index >= 15 is 0 Å². The molecule has 3 aromatic rings. The molecule has 4 rings (SSSR count). The number of anilines is 1. The molecule has 28 heavy (non-hydrogen) atoms. The summed E-state index contributed by atoms with van der Waals surface area (Å²) < 4.78 is 5.39. The molecule has 2 aromatic carbocycles. The van der Waals surface area contributed by atoms with Crippen molar-refractivity contribution < 1.29 is 9.32 Å². The van der Waals surface area contributed by atoms with Crippen LogP contribution >= 0.6 is 11.6 Å². The van der Waals surface area contributed by atoms with Gasteiger partial charge in [0.15, 0.2) is 0 Å². The lowest BCUT2D eigenvalue weighted by molar-refractivity contribution is -0.121. The number of rotatable bonds is 5. The second kappa shape index (κ2) is 8.54. The molecule has 0 aliphatic carbocycles. The molecule has 1 N–H and O–H groups in total. The van der Waals surface area contributed by atoms with Gasteiger partial charge in [0.2, 0.25) is 17.6 Å². The van der Waals surface area contributed by atoms with Crippen molar-refractivity contribution in [2.75, 3.05) is 18.4 Å². The van der Waals surface area contributed by atoms with E-state index in [1.807, 2.05) is 42.5 Å². The third-order valence-electron chi connectivity index (χ3n) is 4.93. The summed E-state index contributed by atoms with van der Waals surface area (Å²) in [6, 6.07) is 16.9. The Balaban J connectivity index is 1.28. The Morgan fingerprint density at radius 3 is 2.54 bits per heavy atom. The SMILES string of the molecule is O=C(Nc1ccc(Cl)cc1)C1CCN(Cc2nc(-c3ccccc3)no2)CC1. The summed E-state index contributed by atoms with van der Waals surface area (Å²) in [6.45, 7) is 2.24. The minimum atomic E-state index is 0.00879. The average molecular weight is 397 g/mol. The third-order valence-corrected chi connectivity index (χ3v) is 5.18. The van der Waals surface area contributed by atoms with E-state index in [4.69, 9.17) is 16.1 Å². The van der Waals surface area contributed by atoms with Crippen molar-refractivity contribution in [1.29, 1.82) is 0 Å². The molecule has 1 amide bonds. The predicted molar refractivity (Wildman–Crippen MR) is 108 cm³/mol. The van der Waals surface area contributed by atoms with E-state index in [9.17, 15) is 4.79 Å². The maximum Gasteiger partial charge on any atom is 0.241 e. The van der Waals surface area contributed by atoms with Crippen molar-refractivity contribution in [1.82, 2.24) is 15.0 Å². The molecule has 1 fully saturated rings. The zero-order valence-corrected chi connectivity index (χ0v) is 16.1. The van der Waals surface area contributed by atoms with Crippen LogP contribution in [0.4, 0.5) is 5.69 Å². The summed E-state index contributed by atoms with van der Waals surface area (Å²) in [5.74, 6) is 1.27. The number of piperidine rings is 1. The number of hydrogen-bond acceptors (Lipinski definition) is 5. The molecule has 7 heteroatoms. The van der Waals surface area contributed by atoms with Crippen LogP contribution in [-0.2, 0) is 11.3 Å². The minimum Gasteiger partial charge on any atom is -0.338 e. The highest BCUT2D eigenvalue weighted by atomic mass is 35.5. The number of halogens is 1. The smallest absolute Gasteiger partial charge is 0.241 e. The maximum absolute atomic E-state index is 12.5. The first kappa shape index (κ1) is 18.7. The highest BCUT2D eigenvalue weighted by molar-refractivity contribution is 6.30. The monoisotopic (exact) mass is 396 g/mol. The largest absolute Gasteiger partial charge is 0.338 e. The zero-order chi connectivity index (χ0) is 19.3. The quantitative estimate of drug-likeness (QED) is 0.698. The number of nitrogens with one attached hydrogen (secondary N) is 1. The lowest BCUT2D eigenvalue weighted by atomic mass is 9.96. The first-order valence-corrected chi connectivity index (χ1v) is 9.72. The molecule has 1 saturated heterocycles. The van der Waals surface area contributed by atoms with Crippen molar-refractivity contribution in [2.45, 2.75) is 19.4 Å². The lowest BCUT2D eigenvalue weighted by Crippen LogP contribution is -2.37. The van der Waals surface area contributed by atoms with E-state index in [2.05, 4.69) is 20.4 Å². The molecule has 144 valence electrons. The molecule has 6 nitrogen and oxygen atoms in total. The van der Waals surface area contributed by atoms with E-state index in [0.29, 0.717) is 23.3 Å². The number of carbonyl (C=O) groups excluding carboxylic acids is 1. The first-order chi connectivity index (χ1) is 13.7. The second-order valence-corrected chi connectivity index (χ2v) is 7.36. The Labute approximate surface area is 168 Å². The molecule has 2 heterocycles. The summed E-state index contributed by atoms with van der Waals surface area (Å²) >= 11 is 5.88. The normalized spacial score (nSPS) is 15.5. The number of benzene rings is 2. The van der Waals surface area contributed by atoms with Gasteiger partial charge in [0.25, 0.3) is 0 Å². The Hall–Kier alpha value is -2.70. The molecule has 0 spiro atoms. The van der Waals surface area contributed by atoms with Gasteiger partial charge in [-0.05, 0) is 50.2 Å². The van der Waals surface area contributed by atoms with Gasteiger partial charge in [-0.1, -0.05) is 47.1 Å². The standard InChI is InChI=1S/C21H21ClN4O2/c22-17-6-8-18(9-7-17)23-21(27)16-10-12-26(13-11-16)14-19-24-20(25-28-19)15-4-2-1-3-5-15/h1-9,16H,10-14H2,(H,23,27). The Bertz CT molecular complexity index is 919. The van der Waals surface area contributed by atoms with E-state index in [0.717, 1.165) is 37.2 Å². The molecular weight excluding hydrogens is 376 g/mol. The Morgan fingerprint density at radius 1 is 1.11 bits per heavy atom. The molecule has 0 saturated carbocycles. The van der Waals surface area contributed by atoms with Crippen LogP contribution in [0.15, 0.2) is 59.1 Å². The summed E-state index contributed by atoms with van der Waals surface area (Å²) in [5, 5.41) is 7.69. The van der Waals surface area contributed by atoms with Gasteiger partial charge in [-0.25, -0.2) is 0 Å². The van der Waals surface area contributed by atoms with Crippen LogP contribution in [0, 0.1) is 5.92 Å². The van der Waals surface area contributed by atoms with Crippen LogP contribution in [0.1, 0.15) is 18.7 Å². The summed E-state index contributed by atoms with van der Waals surface area (Å²) in [7, 11) is 0. The highest BCUT2D eigenvalue weighted by Crippen LogP contribution is 2.22. The first-order valence-electron chi connectivity index (χ1n) is 9.34. The van der Waals surface area contributed by atoms with E-state index in [1.165, 1.54) is 0 Å². The van der Waals surface area contributed by atoms with E-state index in [1.54, 1.807) is 12.1 Å². The zero-order valence-electron chi connectivity index (χ0n) is 15.3. The van der Waals surface area contributed by atoms with Crippen molar-refractivity contribution in [3.8, 4) is 11.4 Å². The molecule has 0 radical (unpaired) electrons. The lowest BCUT2D eigenvalue weighted by Gasteiger charge is -2.30. The number of likely N-dealkylation sites (tertiary alicyclic amines) is 1. The van der Waals surface area contributed by atoms with Crippen molar-refractivity contribution in [2.24, 2.45) is 5.92 Å². The topological polar surface area (TPSA) is 71.3 Å². The molecule has 0 atom stereocenters. The van der Waals surface area contributed by atoms with Gasteiger partial charge in [-0.3, -0.25) is 9.69 Å². The molecule has 0 unspecified atom stereocenters. The number of nitrogens with zero attached hydrogens (tertiary/aromatic N) is 3. The molecule has 0 bridgehead atoms. The molecule has 1 aliphatic heterocycles. The number of hydrogen-bond donors (Lipinski definition) is 1. The predicted octanol–water partition coefficient (Wildman–Crippen LogP) is 4.24. The van der Waals surface area contributed by atoms with Gasteiger partial charge in [0.05, 0.1) is 6.54 Å². The Morgan fingerprint density at radius 2 is 1.82 bits per heavy atom. The fourth-order valence-corrected chi connectivity index (χ4v) is 3.47. The van der Waals surface area contributed by atoms with Gasteiger partial charge in [-0.2, -0.15) is 4.98 Å². The van der Waals surface area contributed by atoms with Gasteiger partial charge >= 0.3 is 0 Å². The van der Waals surface area contributed by atoms with Gasteiger partial charge in [-0.15, -0.1) is 0 Å². The van der Waals surface area contributed by atoms with Gasteiger partial charge in [0, 0.05) is 22.2 Å². The molecular formula is C21H21ClN4O2. The van der Waals surface area contributed by atoms with E-state index in [-0.39, 0.29) is 11.8 Å². The van der Waals surface area contributed by atoms with Gasteiger partial charge < -0.3 is 9.84 Å². The summed E-state index contributed by atoms with van der Waals surface area (Å²) in [4.78, 5) is 19.2. The molecule has 1 aromatic heterocycles. The highest BCUT2D eigenvalue weighted by Gasteiger charge is 2.26. The van der Waals surface area contributed by atoms with Crippen LogP contribution in [0.2, 0.25) is 5.02 Å². The maximum atomic E-state index is 12.5. The van der Waals surface area contributed by atoms with Crippen molar-refractivity contribution in [3.05, 3.63) is 65.5 Å². The number of amides is 1.